The summed E-state index contributed by atoms with van der Waals surface area (Å²) < 4.78 is 5.31. The molecule has 0 aromatic carbocycles. The zero-order valence-electron chi connectivity index (χ0n) is 11.5. The van der Waals surface area contributed by atoms with Crippen LogP contribution in [0, 0.1) is 11.3 Å². The van der Waals surface area contributed by atoms with E-state index >= 15 is 0 Å². The number of ether oxygens (including phenoxy) is 1. The third kappa shape index (κ3) is 4.40. The fraction of sp³-hybridized carbons (Fsp3) is 1.00. The molecule has 1 aliphatic rings. The van der Waals surface area contributed by atoms with E-state index in [1.165, 1.54) is 6.42 Å². The molecule has 96 valence electrons. The van der Waals surface area contributed by atoms with Gasteiger partial charge in [-0.3, -0.25) is 4.84 Å². The van der Waals surface area contributed by atoms with Crippen LogP contribution in [0.5, 0.6) is 0 Å². The minimum Gasteiger partial charge on any atom is -0.379 e. The normalized spacial score (nSPS) is 21.4. The lowest BCUT2D eigenvalue weighted by Crippen LogP contribution is -2.42. The van der Waals surface area contributed by atoms with Gasteiger partial charge in [0.1, 0.15) is 0 Å². The third-order valence-electron chi connectivity index (χ3n) is 3.31. The van der Waals surface area contributed by atoms with E-state index in [-0.39, 0.29) is 11.5 Å². The lowest BCUT2D eigenvalue weighted by molar-refractivity contribution is -0.244. The van der Waals surface area contributed by atoms with Crippen molar-refractivity contribution in [3.63, 3.8) is 0 Å². The molecule has 0 spiro atoms. The fourth-order valence-corrected chi connectivity index (χ4v) is 2.24. The van der Waals surface area contributed by atoms with Crippen LogP contribution in [0.3, 0.4) is 0 Å². The first-order valence-electron chi connectivity index (χ1n) is 6.41. The lowest BCUT2D eigenvalue weighted by atomic mass is 9.80. The Balaban J connectivity index is 2.39. The van der Waals surface area contributed by atoms with Gasteiger partial charge in [-0.25, -0.2) is 0 Å². The molecule has 1 saturated heterocycles. The van der Waals surface area contributed by atoms with E-state index < -0.39 is 0 Å². The molecule has 1 aliphatic heterocycles. The Bertz CT molecular complexity index is 198. The average molecular weight is 229 g/mol. The summed E-state index contributed by atoms with van der Waals surface area (Å²) in [5.41, 5.74) is 0.229. The van der Waals surface area contributed by atoms with Crippen molar-refractivity contribution in [3.8, 4) is 0 Å². The van der Waals surface area contributed by atoms with Gasteiger partial charge in [0.25, 0.3) is 0 Å². The maximum absolute atomic E-state index is 6.01. The van der Waals surface area contributed by atoms with E-state index in [9.17, 15) is 0 Å². The highest BCUT2D eigenvalue weighted by molar-refractivity contribution is 4.77. The largest absolute Gasteiger partial charge is 0.379 e. The quantitative estimate of drug-likeness (QED) is 0.723. The summed E-state index contributed by atoms with van der Waals surface area (Å²) >= 11 is 0. The highest BCUT2D eigenvalue weighted by Crippen LogP contribution is 2.31. The zero-order valence-corrected chi connectivity index (χ0v) is 11.5. The average Bonchev–Trinajstić information content (AvgIpc) is 2.17. The number of hydrogen-bond acceptors (Lipinski definition) is 3. The maximum Gasteiger partial charge on any atom is 0.0816 e. The molecule has 0 aromatic heterocycles. The first-order chi connectivity index (χ1) is 7.42. The predicted molar refractivity (Wildman–Crippen MR) is 66.2 cm³/mol. The molecule has 1 fully saturated rings. The van der Waals surface area contributed by atoms with Gasteiger partial charge in [-0.2, -0.15) is 5.06 Å². The Morgan fingerprint density at radius 1 is 1.19 bits per heavy atom. The van der Waals surface area contributed by atoms with E-state index in [4.69, 9.17) is 9.57 Å². The smallest absolute Gasteiger partial charge is 0.0816 e. The minimum atomic E-state index is 0.229. The van der Waals surface area contributed by atoms with Gasteiger partial charge in [0.2, 0.25) is 0 Å². The molecule has 0 bridgehead atoms. The number of nitrogens with zero attached hydrogens (tertiary/aromatic N) is 1. The van der Waals surface area contributed by atoms with Gasteiger partial charge in [-0.05, 0) is 24.7 Å². The van der Waals surface area contributed by atoms with Gasteiger partial charge >= 0.3 is 0 Å². The van der Waals surface area contributed by atoms with Crippen molar-refractivity contribution in [2.45, 2.75) is 47.1 Å². The van der Waals surface area contributed by atoms with Crippen molar-refractivity contribution in [1.29, 1.82) is 0 Å². The van der Waals surface area contributed by atoms with Crippen LogP contribution in [0.2, 0.25) is 0 Å². The van der Waals surface area contributed by atoms with E-state index in [0.717, 1.165) is 26.3 Å². The van der Waals surface area contributed by atoms with Crippen molar-refractivity contribution in [1.82, 2.24) is 5.06 Å². The lowest BCUT2D eigenvalue weighted by Gasteiger charge is -2.37. The summed E-state index contributed by atoms with van der Waals surface area (Å²) in [6, 6.07) is 0. The molecule has 0 aromatic rings. The molecule has 0 aliphatic carbocycles. The van der Waals surface area contributed by atoms with Gasteiger partial charge in [-0.15, -0.1) is 0 Å². The first-order valence-corrected chi connectivity index (χ1v) is 6.41. The first kappa shape index (κ1) is 13.9. The van der Waals surface area contributed by atoms with Crippen LogP contribution in [0.15, 0.2) is 0 Å². The van der Waals surface area contributed by atoms with Gasteiger partial charge in [-0.1, -0.05) is 27.7 Å². The van der Waals surface area contributed by atoms with Crippen LogP contribution >= 0.6 is 0 Å². The summed E-state index contributed by atoms with van der Waals surface area (Å²) in [6.07, 6.45) is 1.45. The fourth-order valence-electron chi connectivity index (χ4n) is 2.24. The van der Waals surface area contributed by atoms with Gasteiger partial charge in [0, 0.05) is 13.1 Å². The molecule has 3 nitrogen and oxygen atoms in total. The molecule has 0 saturated carbocycles. The number of morpholine rings is 1. The van der Waals surface area contributed by atoms with Crippen LogP contribution in [0.4, 0.5) is 0 Å². The van der Waals surface area contributed by atoms with Crippen LogP contribution in [-0.2, 0) is 9.57 Å². The number of hydroxylamine groups is 2. The molecular weight excluding hydrogens is 202 g/mol. The topological polar surface area (TPSA) is 21.7 Å². The standard InChI is InChI=1S/C13H27NO2/c1-11(2)10-13(4,5)12(3)16-14-6-8-15-9-7-14/h11-12H,6-10H2,1-5H3. The Labute approximate surface area is 100 Å². The highest BCUT2D eigenvalue weighted by atomic mass is 16.7. The molecule has 1 atom stereocenters. The van der Waals surface area contributed by atoms with Crippen molar-refractivity contribution >= 4 is 0 Å². The molecule has 1 unspecified atom stereocenters. The SMILES string of the molecule is CC(C)CC(C)(C)C(C)ON1CCOCC1. The number of hydrogen-bond donors (Lipinski definition) is 0. The predicted octanol–water partition coefficient (Wildman–Crippen LogP) is 2.71. The maximum atomic E-state index is 6.01. The van der Waals surface area contributed by atoms with Crippen LogP contribution in [0.25, 0.3) is 0 Å². The third-order valence-corrected chi connectivity index (χ3v) is 3.31. The molecule has 1 heterocycles. The Hall–Kier alpha value is -0.120. The Kier molecular flexibility index (Phi) is 5.22. The van der Waals surface area contributed by atoms with Crippen molar-refractivity contribution in [3.05, 3.63) is 0 Å². The van der Waals surface area contributed by atoms with Crippen molar-refractivity contribution < 1.29 is 9.57 Å². The summed E-state index contributed by atoms with van der Waals surface area (Å²) in [5.74, 6) is 0.714. The second-order valence-electron chi connectivity index (χ2n) is 5.88. The van der Waals surface area contributed by atoms with E-state index in [2.05, 4.69) is 39.7 Å². The Morgan fingerprint density at radius 2 is 1.75 bits per heavy atom. The second-order valence-corrected chi connectivity index (χ2v) is 5.88. The minimum absolute atomic E-state index is 0.229. The van der Waals surface area contributed by atoms with Crippen LogP contribution in [-0.4, -0.2) is 37.5 Å². The highest BCUT2D eigenvalue weighted by Gasteiger charge is 2.29. The van der Waals surface area contributed by atoms with E-state index in [1.54, 1.807) is 0 Å². The molecule has 0 radical (unpaired) electrons. The molecular formula is C13H27NO2. The molecule has 3 heteroatoms. The van der Waals surface area contributed by atoms with E-state index in [1.807, 2.05) is 0 Å². The monoisotopic (exact) mass is 229 g/mol. The second kappa shape index (κ2) is 5.99. The van der Waals surface area contributed by atoms with Crippen LogP contribution < -0.4 is 0 Å². The van der Waals surface area contributed by atoms with Crippen molar-refractivity contribution in [2.24, 2.45) is 11.3 Å². The summed E-state index contributed by atoms with van der Waals surface area (Å²) in [5, 5.41) is 2.05. The number of rotatable bonds is 5. The van der Waals surface area contributed by atoms with Crippen molar-refractivity contribution in [2.75, 3.05) is 26.3 Å². The van der Waals surface area contributed by atoms with E-state index in [0.29, 0.717) is 5.92 Å². The zero-order chi connectivity index (χ0) is 12.2. The Morgan fingerprint density at radius 3 is 2.25 bits per heavy atom. The molecule has 1 rings (SSSR count). The molecule has 0 N–H and O–H groups in total. The van der Waals surface area contributed by atoms with Gasteiger partial charge in [0.15, 0.2) is 0 Å². The molecule has 0 amide bonds. The summed E-state index contributed by atoms with van der Waals surface area (Å²) in [4.78, 5) is 6.01. The van der Waals surface area contributed by atoms with Gasteiger partial charge < -0.3 is 4.74 Å². The molecule has 16 heavy (non-hydrogen) atoms. The van der Waals surface area contributed by atoms with Crippen LogP contribution in [0.1, 0.15) is 41.0 Å². The van der Waals surface area contributed by atoms with Gasteiger partial charge in [0.05, 0.1) is 19.3 Å². The summed E-state index contributed by atoms with van der Waals surface area (Å²) in [6.45, 7) is 14.7. The summed E-state index contributed by atoms with van der Waals surface area (Å²) in [7, 11) is 0.